The number of anilines is 1. The molecule has 1 aromatic carbocycles. The van der Waals surface area contributed by atoms with Crippen LogP contribution in [0.15, 0.2) is 23.1 Å². The van der Waals surface area contributed by atoms with Gasteiger partial charge in [0, 0.05) is 18.8 Å². The molecular weight excluding hydrogens is 276 g/mol. The predicted molar refractivity (Wildman–Crippen MR) is 80.9 cm³/mol. The lowest BCUT2D eigenvalue weighted by Crippen LogP contribution is -2.30. The largest absolute Gasteiger partial charge is 0.398 e. The predicted octanol–water partition coefficient (Wildman–Crippen LogP) is 1.65. The number of hydrogen-bond acceptors (Lipinski definition) is 4. The van der Waals surface area contributed by atoms with Crippen LogP contribution in [0.1, 0.15) is 31.7 Å². The second-order valence-electron chi connectivity index (χ2n) is 5.04. The number of nitrogen functional groups attached to an aromatic ring is 1. The number of sulfonamides is 1. The Morgan fingerprint density at radius 2 is 2.05 bits per heavy atom. The minimum absolute atomic E-state index is 0.0733. The van der Waals surface area contributed by atoms with Crippen LogP contribution in [-0.4, -0.2) is 26.7 Å². The van der Waals surface area contributed by atoms with Crippen molar-refractivity contribution in [3.8, 4) is 0 Å². The van der Waals surface area contributed by atoms with Crippen LogP contribution in [-0.2, 0) is 10.0 Å². The quantitative estimate of drug-likeness (QED) is 0.637. The summed E-state index contributed by atoms with van der Waals surface area (Å²) in [5.74, 6) is 0.155. The van der Waals surface area contributed by atoms with Crippen LogP contribution < -0.4 is 10.5 Å². The molecule has 0 radical (unpaired) electrons. The molecule has 0 amide bonds. The highest BCUT2D eigenvalue weighted by atomic mass is 32.2. The number of aryl methyl sites for hydroxylation is 1. The molecule has 1 atom stereocenters. The summed E-state index contributed by atoms with van der Waals surface area (Å²) < 4.78 is 27.0. The fourth-order valence-electron chi connectivity index (χ4n) is 2.04. The lowest BCUT2D eigenvalue weighted by molar-refractivity contribution is 0.251. The van der Waals surface area contributed by atoms with E-state index < -0.39 is 10.0 Å². The van der Waals surface area contributed by atoms with Crippen LogP contribution >= 0.6 is 0 Å². The van der Waals surface area contributed by atoms with E-state index in [2.05, 4.69) is 4.72 Å². The number of hydrogen-bond donors (Lipinski definition) is 3. The Hall–Kier alpha value is -1.11. The molecule has 0 spiro atoms. The van der Waals surface area contributed by atoms with Gasteiger partial charge in [-0.1, -0.05) is 19.4 Å². The molecule has 0 bridgehead atoms. The highest BCUT2D eigenvalue weighted by Crippen LogP contribution is 2.18. The van der Waals surface area contributed by atoms with Crippen molar-refractivity contribution < 1.29 is 13.5 Å². The minimum Gasteiger partial charge on any atom is -0.398 e. The average Bonchev–Trinajstić information content (AvgIpc) is 2.39. The van der Waals surface area contributed by atoms with E-state index in [1.807, 2.05) is 13.8 Å². The standard InChI is InChI=1S/C14H24N2O3S/c1-3-4-12(7-8-17)10-16-20(18,19)13-6-5-11(2)14(15)9-13/h5-6,9,12,16-17H,3-4,7-8,10,15H2,1-2H3. The Morgan fingerprint density at radius 1 is 1.35 bits per heavy atom. The van der Waals surface area contributed by atoms with Crippen molar-refractivity contribution in [3.05, 3.63) is 23.8 Å². The first-order valence-electron chi connectivity index (χ1n) is 6.87. The molecule has 0 aromatic heterocycles. The molecule has 20 heavy (non-hydrogen) atoms. The van der Waals surface area contributed by atoms with E-state index >= 15 is 0 Å². The van der Waals surface area contributed by atoms with Gasteiger partial charge in [-0.25, -0.2) is 13.1 Å². The van der Waals surface area contributed by atoms with Crippen molar-refractivity contribution in [1.29, 1.82) is 0 Å². The summed E-state index contributed by atoms with van der Waals surface area (Å²) in [5, 5.41) is 8.98. The van der Waals surface area contributed by atoms with Gasteiger partial charge in [0.25, 0.3) is 0 Å². The molecule has 4 N–H and O–H groups in total. The molecular formula is C14H24N2O3S. The zero-order valence-electron chi connectivity index (χ0n) is 12.1. The molecule has 5 nitrogen and oxygen atoms in total. The van der Waals surface area contributed by atoms with E-state index in [4.69, 9.17) is 10.8 Å². The molecule has 0 aliphatic heterocycles. The summed E-state index contributed by atoms with van der Waals surface area (Å²) in [7, 11) is -3.54. The summed E-state index contributed by atoms with van der Waals surface area (Å²) in [6.45, 7) is 4.28. The monoisotopic (exact) mass is 300 g/mol. The molecule has 0 aliphatic carbocycles. The number of nitrogens with two attached hydrogens (primary N) is 1. The second-order valence-corrected chi connectivity index (χ2v) is 6.80. The zero-order valence-corrected chi connectivity index (χ0v) is 12.9. The third-order valence-electron chi connectivity index (χ3n) is 3.36. The van der Waals surface area contributed by atoms with E-state index in [1.54, 1.807) is 12.1 Å². The van der Waals surface area contributed by atoms with Crippen molar-refractivity contribution in [1.82, 2.24) is 4.72 Å². The van der Waals surface area contributed by atoms with Crippen molar-refractivity contribution >= 4 is 15.7 Å². The Balaban J connectivity index is 2.75. The second kappa shape index (κ2) is 7.61. The van der Waals surface area contributed by atoms with Gasteiger partial charge in [0.2, 0.25) is 10.0 Å². The van der Waals surface area contributed by atoms with Crippen LogP contribution in [0.5, 0.6) is 0 Å². The van der Waals surface area contributed by atoms with Crippen LogP contribution in [0.4, 0.5) is 5.69 Å². The first-order valence-corrected chi connectivity index (χ1v) is 8.35. The Labute approximate surface area is 121 Å². The van der Waals surface area contributed by atoms with Crippen molar-refractivity contribution in [2.45, 2.75) is 38.0 Å². The van der Waals surface area contributed by atoms with Crippen molar-refractivity contribution in [3.63, 3.8) is 0 Å². The molecule has 1 aromatic rings. The van der Waals surface area contributed by atoms with Crippen LogP contribution in [0.3, 0.4) is 0 Å². The Bertz CT molecular complexity index is 523. The van der Waals surface area contributed by atoms with Crippen molar-refractivity contribution in [2.24, 2.45) is 5.92 Å². The number of rotatable bonds is 8. The van der Waals surface area contributed by atoms with Gasteiger partial charge in [-0.2, -0.15) is 0 Å². The third-order valence-corrected chi connectivity index (χ3v) is 4.78. The van der Waals surface area contributed by atoms with E-state index in [9.17, 15) is 8.42 Å². The number of benzene rings is 1. The third kappa shape index (κ3) is 4.77. The highest BCUT2D eigenvalue weighted by Gasteiger charge is 2.17. The van der Waals surface area contributed by atoms with E-state index in [0.29, 0.717) is 18.7 Å². The molecule has 6 heteroatoms. The normalized spacial score (nSPS) is 13.3. The molecule has 0 fully saturated rings. The van der Waals surface area contributed by atoms with E-state index in [1.165, 1.54) is 6.07 Å². The number of aliphatic hydroxyl groups excluding tert-OH is 1. The molecule has 0 aliphatic rings. The lowest BCUT2D eigenvalue weighted by Gasteiger charge is -2.16. The smallest absolute Gasteiger partial charge is 0.240 e. The fourth-order valence-corrected chi connectivity index (χ4v) is 3.19. The maximum atomic E-state index is 12.2. The van der Waals surface area contributed by atoms with Gasteiger partial charge in [0.05, 0.1) is 4.90 Å². The Kier molecular flexibility index (Phi) is 6.45. The molecule has 1 rings (SSSR count). The van der Waals surface area contributed by atoms with Gasteiger partial charge in [-0.3, -0.25) is 0 Å². The molecule has 0 saturated heterocycles. The summed E-state index contributed by atoms with van der Waals surface area (Å²) in [5.41, 5.74) is 7.06. The lowest BCUT2D eigenvalue weighted by atomic mass is 10.0. The number of nitrogens with one attached hydrogen (secondary N) is 1. The maximum absolute atomic E-state index is 12.2. The molecule has 114 valence electrons. The van der Waals surface area contributed by atoms with Gasteiger partial charge in [0.1, 0.15) is 0 Å². The highest BCUT2D eigenvalue weighted by molar-refractivity contribution is 7.89. The van der Waals surface area contributed by atoms with Gasteiger partial charge in [0.15, 0.2) is 0 Å². The zero-order chi connectivity index (χ0) is 15.2. The van der Waals surface area contributed by atoms with Gasteiger partial charge in [-0.15, -0.1) is 0 Å². The first-order chi connectivity index (χ1) is 9.40. The SMILES string of the molecule is CCCC(CCO)CNS(=O)(=O)c1ccc(C)c(N)c1. The molecule has 1 unspecified atom stereocenters. The van der Waals surface area contributed by atoms with Gasteiger partial charge >= 0.3 is 0 Å². The van der Waals surface area contributed by atoms with Crippen molar-refractivity contribution in [2.75, 3.05) is 18.9 Å². The summed E-state index contributed by atoms with van der Waals surface area (Å²) in [6, 6.07) is 4.72. The van der Waals surface area contributed by atoms with Gasteiger partial charge < -0.3 is 10.8 Å². The first kappa shape index (κ1) is 16.9. The number of aliphatic hydroxyl groups is 1. The Morgan fingerprint density at radius 3 is 2.60 bits per heavy atom. The van der Waals surface area contributed by atoms with Gasteiger partial charge in [-0.05, 0) is 43.4 Å². The summed E-state index contributed by atoms with van der Waals surface area (Å²) in [4.78, 5) is 0.180. The average molecular weight is 300 g/mol. The minimum atomic E-state index is -3.54. The summed E-state index contributed by atoms with van der Waals surface area (Å²) >= 11 is 0. The van der Waals surface area contributed by atoms with E-state index in [0.717, 1.165) is 18.4 Å². The van der Waals surface area contributed by atoms with E-state index in [-0.39, 0.29) is 17.4 Å². The maximum Gasteiger partial charge on any atom is 0.240 e. The topological polar surface area (TPSA) is 92.4 Å². The van der Waals surface area contributed by atoms with Crippen LogP contribution in [0.25, 0.3) is 0 Å². The molecule has 0 saturated carbocycles. The van der Waals surface area contributed by atoms with Crippen LogP contribution in [0.2, 0.25) is 0 Å². The molecule has 0 heterocycles. The fraction of sp³-hybridized carbons (Fsp3) is 0.571. The summed E-state index contributed by atoms with van der Waals surface area (Å²) in [6.07, 6.45) is 2.45. The van der Waals surface area contributed by atoms with Crippen LogP contribution in [0, 0.1) is 12.8 Å².